The third kappa shape index (κ3) is 3.11. The minimum Gasteiger partial charge on any atom is -0.353 e. The molecule has 96 valence electrons. The number of pyridine rings is 1. The maximum absolute atomic E-state index is 8.99. The first-order valence-corrected chi connectivity index (χ1v) is 6.23. The molecule has 0 aliphatic rings. The molecule has 0 atom stereocenters. The highest BCUT2D eigenvalue weighted by molar-refractivity contribution is 5.64. The fourth-order valence-corrected chi connectivity index (χ4v) is 1.80. The summed E-state index contributed by atoms with van der Waals surface area (Å²) in [6.07, 6.45) is 1.62. The number of rotatable bonds is 2. The molecule has 1 aromatic carbocycles. The van der Waals surface area contributed by atoms with Crippen LogP contribution in [0.15, 0.2) is 42.6 Å². The van der Waals surface area contributed by atoms with Crippen molar-refractivity contribution >= 4 is 11.4 Å². The van der Waals surface area contributed by atoms with Crippen molar-refractivity contribution in [2.75, 3.05) is 5.32 Å². The summed E-state index contributed by atoms with van der Waals surface area (Å²) in [6.45, 7) is 6.55. The SMILES string of the molecule is CC(C)(C)c1ccc(Nc2cccnc2C#N)cc1. The highest BCUT2D eigenvalue weighted by Gasteiger charge is 2.12. The molecule has 3 nitrogen and oxygen atoms in total. The predicted molar refractivity (Wildman–Crippen MR) is 77.4 cm³/mol. The van der Waals surface area contributed by atoms with Crippen molar-refractivity contribution in [3.05, 3.63) is 53.9 Å². The molecule has 0 spiro atoms. The van der Waals surface area contributed by atoms with E-state index < -0.39 is 0 Å². The highest BCUT2D eigenvalue weighted by atomic mass is 14.9. The first-order valence-electron chi connectivity index (χ1n) is 6.23. The molecule has 0 saturated heterocycles. The smallest absolute Gasteiger partial charge is 0.163 e. The largest absolute Gasteiger partial charge is 0.353 e. The van der Waals surface area contributed by atoms with Crippen molar-refractivity contribution in [1.82, 2.24) is 4.98 Å². The zero-order valence-corrected chi connectivity index (χ0v) is 11.4. The Morgan fingerprint density at radius 2 is 1.79 bits per heavy atom. The lowest BCUT2D eigenvalue weighted by molar-refractivity contribution is 0.590. The number of aromatic nitrogens is 1. The van der Waals surface area contributed by atoms with Gasteiger partial charge < -0.3 is 5.32 Å². The lowest BCUT2D eigenvalue weighted by atomic mass is 9.87. The quantitative estimate of drug-likeness (QED) is 0.877. The molecule has 1 heterocycles. The Bertz CT molecular complexity index is 601. The van der Waals surface area contributed by atoms with E-state index in [-0.39, 0.29) is 5.41 Å². The number of benzene rings is 1. The lowest BCUT2D eigenvalue weighted by Crippen LogP contribution is -2.10. The van der Waals surface area contributed by atoms with Crippen LogP contribution >= 0.6 is 0 Å². The molecule has 0 amide bonds. The van der Waals surface area contributed by atoms with Gasteiger partial charge in [0.05, 0.1) is 5.69 Å². The van der Waals surface area contributed by atoms with Crippen molar-refractivity contribution in [2.45, 2.75) is 26.2 Å². The summed E-state index contributed by atoms with van der Waals surface area (Å²) >= 11 is 0. The molecule has 1 aromatic heterocycles. The van der Waals surface area contributed by atoms with E-state index in [1.807, 2.05) is 24.3 Å². The molecule has 19 heavy (non-hydrogen) atoms. The number of anilines is 2. The fourth-order valence-electron chi connectivity index (χ4n) is 1.80. The van der Waals surface area contributed by atoms with Gasteiger partial charge in [0.25, 0.3) is 0 Å². The molecule has 0 radical (unpaired) electrons. The van der Waals surface area contributed by atoms with Gasteiger partial charge in [-0.15, -0.1) is 0 Å². The molecule has 0 fully saturated rings. The average molecular weight is 251 g/mol. The third-order valence-corrected chi connectivity index (χ3v) is 2.94. The Labute approximate surface area is 113 Å². The summed E-state index contributed by atoms with van der Waals surface area (Å²) in [5, 5.41) is 12.2. The summed E-state index contributed by atoms with van der Waals surface area (Å²) in [6, 6.07) is 14.0. The van der Waals surface area contributed by atoms with Gasteiger partial charge in [0.2, 0.25) is 0 Å². The molecule has 0 bridgehead atoms. The van der Waals surface area contributed by atoms with Gasteiger partial charge in [-0.2, -0.15) is 5.26 Å². The summed E-state index contributed by atoms with van der Waals surface area (Å²) in [4.78, 5) is 4.03. The number of hydrogen-bond acceptors (Lipinski definition) is 3. The van der Waals surface area contributed by atoms with Crippen LogP contribution in [0.5, 0.6) is 0 Å². The maximum atomic E-state index is 8.99. The molecule has 0 aliphatic heterocycles. The first-order chi connectivity index (χ1) is 9.00. The number of nitrogens with one attached hydrogen (secondary N) is 1. The Hall–Kier alpha value is -2.34. The Balaban J connectivity index is 2.23. The van der Waals surface area contributed by atoms with Crippen LogP contribution in [0, 0.1) is 11.3 Å². The normalized spacial score (nSPS) is 10.8. The van der Waals surface area contributed by atoms with Crippen molar-refractivity contribution in [3.63, 3.8) is 0 Å². The van der Waals surface area contributed by atoms with Gasteiger partial charge in [-0.25, -0.2) is 4.98 Å². The zero-order valence-electron chi connectivity index (χ0n) is 11.4. The van der Waals surface area contributed by atoms with Crippen LogP contribution in [-0.2, 0) is 5.41 Å². The van der Waals surface area contributed by atoms with Crippen LogP contribution in [0.25, 0.3) is 0 Å². The van der Waals surface area contributed by atoms with Gasteiger partial charge in [-0.1, -0.05) is 32.9 Å². The van der Waals surface area contributed by atoms with E-state index in [4.69, 9.17) is 5.26 Å². The van der Waals surface area contributed by atoms with Crippen molar-refractivity contribution in [1.29, 1.82) is 5.26 Å². The van der Waals surface area contributed by atoms with Gasteiger partial charge in [-0.3, -0.25) is 0 Å². The van der Waals surface area contributed by atoms with Gasteiger partial charge in [0.15, 0.2) is 5.69 Å². The summed E-state index contributed by atoms with van der Waals surface area (Å²) in [5.74, 6) is 0. The molecule has 0 unspecified atom stereocenters. The van der Waals surface area contributed by atoms with E-state index >= 15 is 0 Å². The van der Waals surface area contributed by atoms with Crippen LogP contribution in [0.2, 0.25) is 0 Å². The fraction of sp³-hybridized carbons (Fsp3) is 0.250. The molecule has 0 aliphatic carbocycles. The first kappa shape index (κ1) is 13.1. The van der Waals surface area contributed by atoms with Gasteiger partial charge in [0.1, 0.15) is 6.07 Å². The number of nitrogens with zero attached hydrogens (tertiary/aromatic N) is 2. The van der Waals surface area contributed by atoms with Crippen LogP contribution in [-0.4, -0.2) is 4.98 Å². The van der Waals surface area contributed by atoms with E-state index in [9.17, 15) is 0 Å². The molecule has 0 saturated carbocycles. The summed E-state index contributed by atoms with van der Waals surface area (Å²) in [5.41, 5.74) is 3.52. The Morgan fingerprint density at radius 1 is 1.11 bits per heavy atom. The topological polar surface area (TPSA) is 48.7 Å². The van der Waals surface area contributed by atoms with Crippen LogP contribution in [0.1, 0.15) is 32.0 Å². The van der Waals surface area contributed by atoms with Gasteiger partial charge in [0, 0.05) is 11.9 Å². The molecule has 1 N–H and O–H groups in total. The highest BCUT2D eigenvalue weighted by Crippen LogP contribution is 2.25. The predicted octanol–water partition coefficient (Wildman–Crippen LogP) is 3.99. The third-order valence-electron chi connectivity index (χ3n) is 2.94. The van der Waals surface area contributed by atoms with Crippen LogP contribution in [0.3, 0.4) is 0 Å². The monoisotopic (exact) mass is 251 g/mol. The van der Waals surface area contributed by atoms with Crippen molar-refractivity contribution < 1.29 is 0 Å². The van der Waals surface area contributed by atoms with Crippen LogP contribution in [0.4, 0.5) is 11.4 Å². The zero-order chi connectivity index (χ0) is 13.9. The van der Waals surface area contributed by atoms with E-state index in [1.54, 1.807) is 6.20 Å². The molecule has 3 heteroatoms. The average Bonchev–Trinajstić information content (AvgIpc) is 2.39. The number of hydrogen-bond donors (Lipinski definition) is 1. The van der Waals surface area contributed by atoms with Gasteiger partial charge in [-0.05, 0) is 35.2 Å². The molecule has 2 aromatic rings. The molecular weight excluding hydrogens is 234 g/mol. The second-order valence-corrected chi connectivity index (χ2v) is 5.46. The van der Waals surface area contributed by atoms with E-state index in [1.165, 1.54) is 5.56 Å². The lowest BCUT2D eigenvalue weighted by Gasteiger charge is -2.19. The van der Waals surface area contributed by atoms with E-state index in [2.05, 4.69) is 49.3 Å². The van der Waals surface area contributed by atoms with Crippen molar-refractivity contribution in [2.24, 2.45) is 0 Å². The Kier molecular flexibility index (Phi) is 3.52. The minimum absolute atomic E-state index is 0.143. The van der Waals surface area contributed by atoms with Crippen LogP contribution < -0.4 is 5.32 Å². The summed E-state index contributed by atoms with van der Waals surface area (Å²) < 4.78 is 0. The standard InChI is InChI=1S/C16H17N3/c1-16(2,3)12-6-8-13(9-7-12)19-14-5-4-10-18-15(14)11-17/h4-10,19H,1-3H3. The second-order valence-electron chi connectivity index (χ2n) is 5.46. The van der Waals surface area contributed by atoms with Crippen molar-refractivity contribution in [3.8, 4) is 6.07 Å². The Morgan fingerprint density at radius 3 is 2.37 bits per heavy atom. The molecule has 2 rings (SSSR count). The maximum Gasteiger partial charge on any atom is 0.163 e. The molecular formula is C16H17N3. The number of nitriles is 1. The van der Waals surface area contributed by atoms with E-state index in [0.29, 0.717) is 5.69 Å². The van der Waals surface area contributed by atoms with Gasteiger partial charge >= 0.3 is 0 Å². The minimum atomic E-state index is 0.143. The second kappa shape index (κ2) is 5.11. The summed E-state index contributed by atoms with van der Waals surface area (Å²) in [7, 11) is 0. The van der Waals surface area contributed by atoms with E-state index in [0.717, 1.165) is 11.4 Å².